The van der Waals surface area contributed by atoms with Gasteiger partial charge in [0.1, 0.15) is 18.2 Å². The van der Waals surface area contributed by atoms with E-state index in [-0.39, 0.29) is 23.3 Å². The number of fused-ring (bicyclic) bond motifs is 1. The van der Waals surface area contributed by atoms with Crippen molar-refractivity contribution < 1.29 is 23.8 Å². The Labute approximate surface area is 226 Å². The topological polar surface area (TPSA) is 78.9 Å². The molecule has 0 fully saturated rings. The molecule has 0 saturated heterocycles. The van der Waals surface area contributed by atoms with Crippen LogP contribution in [0, 0.1) is 12.7 Å². The Morgan fingerprint density at radius 3 is 2.49 bits per heavy atom. The molecule has 6 nitrogen and oxygen atoms in total. The summed E-state index contributed by atoms with van der Waals surface area (Å²) in [6.07, 6.45) is 0. The van der Waals surface area contributed by atoms with Gasteiger partial charge in [-0.1, -0.05) is 48.5 Å². The van der Waals surface area contributed by atoms with Crippen LogP contribution >= 0.6 is 0 Å². The van der Waals surface area contributed by atoms with Gasteiger partial charge in [-0.3, -0.25) is 4.79 Å². The highest BCUT2D eigenvalue weighted by Gasteiger charge is 2.22. The van der Waals surface area contributed by atoms with Gasteiger partial charge < -0.3 is 20.1 Å². The number of carboxylic acid groups (broad SMARTS) is 1. The molecule has 0 saturated carbocycles. The second kappa shape index (κ2) is 11.0. The zero-order chi connectivity index (χ0) is 27.5. The van der Waals surface area contributed by atoms with E-state index >= 15 is 0 Å². The minimum absolute atomic E-state index is 0.249. The Kier molecular flexibility index (Phi) is 7.32. The van der Waals surface area contributed by atoms with Crippen molar-refractivity contribution in [1.82, 2.24) is 5.32 Å². The number of benzene rings is 4. The number of nitrogens with one attached hydrogen (secondary N) is 1. The average Bonchev–Trinajstić information content (AvgIpc) is 2.94. The second-order valence-corrected chi connectivity index (χ2v) is 9.70. The third-order valence-electron chi connectivity index (χ3n) is 7.05. The summed E-state index contributed by atoms with van der Waals surface area (Å²) in [6, 6.07) is 24.9. The van der Waals surface area contributed by atoms with Gasteiger partial charge >= 0.3 is 5.97 Å². The molecule has 1 aliphatic rings. The second-order valence-electron chi connectivity index (χ2n) is 9.70. The molecule has 5 rings (SSSR count). The Hall–Kier alpha value is -4.65. The first kappa shape index (κ1) is 26.0. The van der Waals surface area contributed by atoms with Crippen molar-refractivity contribution in [2.45, 2.75) is 26.4 Å². The molecular formula is C32H29FN2O4. The number of amides is 1. The number of carbonyl (C=O) groups is 2. The number of rotatable bonds is 7. The number of anilines is 1. The molecule has 39 heavy (non-hydrogen) atoms. The van der Waals surface area contributed by atoms with Gasteiger partial charge in [0.15, 0.2) is 0 Å². The zero-order valence-electron chi connectivity index (χ0n) is 21.8. The highest BCUT2D eigenvalue weighted by Crippen LogP contribution is 2.35. The predicted octanol–water partition coefficient (Wildman–Crippen LogP) is 6.39. The number of carbonyl (C=O) groups excluding carboxylic acids is 1. The summed E-state index contributed by atoms with van der Waals surface area (Å²) in [5.74, 6) is -0.880. The first-order valence-electron chi connectivity index (χ1n) is 12.8. The molecule has 1 atom stereocenters. The van der Waals surface area contributed by atoms with Crippen molar-refractivity contribution in [1.29, 1.82) is 0 Å². The standard InChI is InChI=1S/C32H29FN2O4/c1-20-7-8-24(17-28(20)33)21(2)34-31(36)25-13-14-29-30(18-25)39-16-15-35(29)19-26-5-3-4-6-27(26)22-9-11-23(12-10-22)32(37)38/h3-14,17-18,21H,15-16,19H2,1-2H3,(H,34,36)(H,37,38)/t21-/m0/s1. The van der Waals surface area contributed by atoms with Gasteiger partial charge in [-0.2, -0.15) is 0 Å². The molecule has 0 aromatic heterocycles. The Bertz CT molecular complexity index is 1530. The molecule has 0 aliphatic carbocycles. The van der Waals surface area contributed by atoms with E-state index < -0.39 is 5.97 Å². The molecule has 2 N–H and O–H groups in total. The van der Waals surface area contributed by atoms with Gasteiger partial charge in [0.25, 0.3) is 5.91 Å². The molecule has 0 radical (unpaired) electrons. The SMILES string of the molecule is Cc1ccc([C@H](C)NC(=O)c2ccc3c(c2)OCCN3Cc2ccccc2-c2ccc(C(=O)O)cc2)cc1F. The van der Waals surface area contributed by atoms with Gasteiger partial charge in [0.05, 0.1) is 23.8 Å². The number of halogens is 1. The van der Waals surface area contributed by atoms with E-state index in [1.807, 2.05) is 49.4 Å². The number of aromatic carboxylic acids is 1. The average molecular weight is 525 g/mol. The molecule has 198 valence electrons. The van der Waals surface area contributed by atoms with E-state index in [1.54, 1.807) is 37.3 Å². The van der Waals surface area contributed by atoms with Crippen LogP contribution in [0.25, 0.3) is 11.1 Å². The molecule has 1 aliphatic heterocycles. The van der Waals surface area contributed by atoms with Crippen LogP contribution in [0.3, 0.4) is 0 Å². The van der Waals surface area contributed by atoms with Crippen molar-refractivity contribution in [2.75, 3.05) is 18.1 Å². The Morgan fingerprint density at radius 2 is 1.74 bits per heavy atom. The lowest BCUT2D eigenvalue weighted by Gasteiger charge is -2.32. The molecule has 0 bridgehead atoms. The summed E-state index contributed by atoms with van der Waals surface area (Å²) < 4.78 is 19.9. The van der Waals surface area contributed by atoms with Crippen LogP contribution in [0.4, 0.5) is 10.1 Å². The molecule has 4 aromatic carbocycles. The number of aryl methyl sites for hydroxylation is 1. The maximum atomic E-state index is 14.0. The van der Waals surface area contributed by atoms with E-state index in [4.69, 9.17) is 4.74 Å². The van der Waals surface area contributed by atoms with Crippen molar-refractivity contribution in [3.8, 4) is 16.9 Å². The van der Waals surface area contributed by atoms with Crippen LogP contribution in [0.15, 0.2) is 84.9 Å². The van der Waals surface area contributed by atoms with Crippen molar-refractivity contribution in [3.05, 3.63) is 119 Å². The van der Waals surface area contributed by atoms with Gasteiger partial charge in [0.2, 0.25) is 0 Å². The fourth-order valence-corrected chi connectivity index (χ4v) is 4.76. The minimum atomic E-state index is -0.952. The van der Waals surface area contributed by atoms with Crippen LogP contribution in [-0.2, 0) is 6.54 Å². The number of hydrogen-bond acceptors (Lipinski definition) is 4. The number of ether oxygens (including phenoxy) is 1. The van der Waals surface area contributed by atoms with Crippen molar-refractivity contribution in [3.63, 3.8) is 0 Å². The maximum Gasteiger partial charge on any atom is 0.335 e. The van der Waals surface area contributed by atoms with Gasteiger partial charge in [-0.05, 0) is 78.1 Å². The van der Waals surface area contributed by atoms with E-state index in [2.05, 4.69) is 16.3 Å². The summed E-state index contributed by atoms with van der Waals surface area (Å²) in [7, 11) is 0. The predicted molar refractivity (Wildman–Crippen MR) is 149 cm³/mol. The van der Waals surface area contributed by atoms with Crippen molar-refractivity contribution >= 4 is 17.6 Å². The summed E-state index contributed by atoms with van der Waals surface area (Å²) in [5, 5.41) is 12.2. The molecule has 0 spiro atoms. The normalized spacial score (nSPS) is 13.3. The van der Waals surface area contributed by atoms with Crippen LogP contribution in [0.5, 0.6) is 5.75 Å². The third kappa shape index (κ3) is 5.62. The molecule has 1 amide bonds. The third-order valence-corrected chi connectivity index (χ3v) is 7.05. The lowest BCUT2D eigenvalue weighted by atomic mass is 9.98. The summed E-state index contributed by atoms with van der Waals surface area (Å²) in [5.41, 5.74) is 5.93. The van der Waals surface area contributed by atoms with E-state index in [9.17, 15) is 19.1 Å². The molecule has 7 heteroatoms. The highest BCUT2D eigenvalue weighted by molar-refractivity contribution is 5.95. The van der Waals surface area contributed by atoms with Gasteiger partial charge in [-0.25, -0.2) is 9.18 Å². The lowest BCUT2D eigenvalue weighted by molar-refractivity contribution is 0.0696. The van der Waals surface area contributed by atoms with Crippen LogP contribution < -0.4 is 15.0 Å². The zero-order valence-corrected chi connectivity index (χ0v) is 21.8. The molecule has 4 aromatic rings. The summed E-state index contributed by atoms with van der Waals surface area (Å²) in [6.45, 7) is 5.31. The summed E-state index contributed by atoms with van der Waals surface area (Å²) in [4.78, 5) is 26.5. The molecular weight excluding hydrogens is 495 g/mol. The van der Waals surface area contributed by atoms with E-state index in [0.29, 0.717) is 42.1 Å². The fraction of sp³-hybridized carbons (Fsp3) is 0.188. The monoisotopic (exact) mass is 524 g/mol. The summed E-state index contributed by atoms with van der Waals surface area (Å²) >= 11 is 0. The van der Waals surface area contributed by atoms with Crippen LogP contribution in [0.2, 0.25) is 0 Å². The van der Waals surface area contributed by atoms with Crippen LogP contribution in [0.1, 0.15) is 50.4 Å². The largest absolute Gasteiger partial charge is 0.490 e. The maximum absolute atomic E-state index is 14.0. The fourth-order valence-electron chi connectivity index (χ4n) is 4.76. The van der Waals surface area contributed by atoms with E-state index in [0.717, 1.165) is 22.4 Å². The Morgan fingerprint density at radius 1 is 1.00 bits per heavy atom. The first-order chi connectivity index (χ1) is 18.8. The van der Waals surface area contributed by atoms with Gasteiger partial charge in [-0.15, -0.1) is 0 Å². The van der Waals surface area contributed by atoms with Crippen LogP contribution in [-0.4, -0.2) is 30.1 Å². The molecule has 0 unspecified atom stereocenters. The quantitative estimate of drug-likeness (QED) is 0.293. The van der Waals surface area contributed by atoms with Gasteiger partial charge in [0, 0.05) is 12.1 Å². The highest BCUT2D eigenvalue weighted by atomic mass is 19.1. The molecule has 1 heterocycles. The number of carboxylic acids is 1. The number of hydrogen-bond donors (Lipinski definition) is 2. The minimum Gasteiger partial charge on any atom is -0.490 e. The first-order valence-corrected chi connectivity index (χ1v) is 12.8. The number of nitrogens with zero attached hydrogens (tertiary/aromatic N) is 1. The van der Waals surface area contributed by atoms with E-state index in [1.165, 1.54) is 6.07 Å². The van der Waals surface area contributed by atoms with Crippen molar-refractivity contribution in [2.24, 2.45) is 0 Å². The lowest BCUT2D eigenvalue weighted by Crippen LogP contribution is -2.33. The smallest absolute Gasteiger partial charge is 0.335 e. The Balaban J connectivity index is 1.34.